The summed E-state index contributed by atoms with van der Waals surface area (Å²) in [7, 11) is 3.89. The van der Waals surface area contributed by atoms with Crippen molar-refractivity contribution in [3.8, 4) is 0 Å². The highest BCUT2D eigenvalue weighted by atomic mass is 19.1. The highest BCUT2D eigenvalue weighted by Gasteiger charge is 2.48. The Morgan fingerprint density at radius 2 is 1.56 bits per heavy atom. The highest BCUT2D eigenvalue weighted by molar-refractivity contribution is 6.03. The first kappa shape index (κ1) is 17.0. The molecule has 1 aliphatic carbocycles. The van der Waals surface area contributed by atoms with Crippen LogP contribution in [0.15, 0.2) is 48.5 Å². The van der Waals surface area contributed by atoms with E-state index in [9.17, 15) is 14.0 Å². The van der Waals surface area contributed by atoms with E-state index in [1.165, 1.54) is 18.2 Å². The first-order valence-electron chi connectivity index (χ1n) is 8.09. The van der Waals surface area contributed by atoms with E-state index >= 15 is 0 Å². The molecule has 2 N–H and O–H groups in total. The summed E-state index contributed by atoms with van der Waals surface area (Å²) < 4.78 is 13.1. The van der Waals surface area contributed by atoms with Crippen molar-refractivity contribution >= 4 is 28.9 Å². The second kappa shape index (κ2) is 6.93. The molecule has 1 fully saturated rings. The maximum atomic E-state index is 13.1. The second-order valence-electron chi connectivity index (χ2n) is 6.38. The lowest BCUT2D eigenvalue weighted by Gasteiger charge is -2.13. The normalized spacial score (nSPS) is 18.4. The van der Waals surface area contributed by atoms with Crippen molar-refractivity contribution in [1.29, 1.82) is 0 Å². The van der Waals surface area contributed by atoms with Gasteiger partial charge in [-0.2, -0.15) is 0 Å². The summed E-state index contributed by atoms with van der Waals surface area (Å²) in [5.74, 6) is -1.55. The summed E-state index contributed by atoms with van der Waals surface area (Å²) >= 11 is 0. The van der Waals surface area contributed by atoms with Crippen molar-refractivity contribution < 1.29 is 14.0 Å². The number of benzene rings is 2. The van der Waals surface area contributed by atoms with Crippen LogP contribution < -0.4 is 15.5 Å². The van der Waals surface area contributed by atoms with E-state index in [0.29, 0.717) is 17.8 Å². The largest absolute Gasteiger partial charge is 0.378 e. The lowest BCUT2D eigenvalue weighted by atomic mass is 10.2. The molecule has 2 amide bonds. The van der Waals surface area contributed by atoms with Crippen LogP contribution in [-0.4, -0.2) is 25.9 Å². The molecule has 0 aliphatic heterocycles. The molecule has 2 atom stereocenters. The molecule has 1 aliphatic rings. The van der Waals surface area contributed by atoms with E-state index in [-0.39, 0.29) is 23.7 Å². The fourth-order valence-corrected chi connectivity index (χ4v) is 2.65. The lowest BCUT2D eigenvalue weighted by Crippen LogP contribution is -2.20. The fraction of sp³-hybridized carbons (Fsp3) is 0.263. The second-order valence-corrected chi connectivity index (χ2v) is 6.38. The number of hydrogen-bond acceptors (Lipinski definition) is 3. The molecule has 0 radical (unpaired) electrons. The number of carbonyl (C=O) groups is 2. The zero-order valence-corrected chi connectivity index (χ0v) is 14.1. The fourth-order valence-electron chi connectivity index (χ4n) is 2.65. The Morgan fingerprint density at radius 1 is 0.960 bits per heavy atom. The van der Waals surface area contributed by atoms with Gasteiger partial charge < -0.3 is 15.5 Å². The van der Waals surface area contributed by atoms with Crippen molar-refractivity contribution in [2.24, 2.45) is 11.8 Å². The van der Waals surface area contributed by atoms with E-state index in [0.717, 1.165) is 5.69 Å². The number of nitrogens with one attached hydrogen (secondary N) is 2. The van der Waals surface area contributed by atoms with Gasteiger partial charge in [0.25, 0.3) is 0 Å². The van der Waals surface area contributed by atoms with Crippen LogP contribution in [0.25, 0.3) is 0 Å². The van der Waals surface area contributed by atoms with Crippen LogP contribution in [0.5, 0.6) is 0 Å². The van der Waals surface area contributed by atoms with Gasteiger partial charge in [0, 0.05) is 31.2 Å². The first-order valence-corrected chi connectivity index (χ1v) is 8.09. The van der Waals surface area contributed by atoms with Gasteiger partial charge in [0.15, 0.2) is 0 Å². The maximum absolute atomic E-state index is 13.1. The molecule has 5 nitrogen and oxygen atoms in total. The SMILES string of the molecule is CN(C)c1ccc(NC(=O)C2CC2C(=O)Nc2cccc(F)c2)cc1. The molecule has 0 bridgehead atoms. The molecular formula is C19H20FN3O2. The van der Waals surface area contributed by atoms with Gasteiger partial charge in [0.2, 0.25) is 11.8 Å². The monoisotopic (exact) mass is 341 g/mol. The molecule has 0 saturated heterocycles. The molecule has 2 aromatic carbocycles. The first-order chi connectivity index (χ1) is 11.9. The van der Waals surface area contributed by atoms with Crippen LogP contribution in [0, 0.1) is 17.7 Å². The van der Waals surface area contributed by atoms with Crippen molar-refractivity contribution in [2.75, 3.05) is 29.6 Å². The van der Waals surface area contributed by atoms with Gasteiger partial charge >= 0.3 is 0 Å². The van der Waals surface area contributed by atoms with Crippen LogP contribution in [0.2, 0.25) is 0 Å². The number of anilines is 3. The van der Waals surface area contributed by atoms with Gasteiger partial charge in [-0.3, -0.25) is 9.59 Å². The molecule has 25 heavy (non-hydrogen) atoms. The number of rotatable bonds is 5. The summed E-state index contributed by atoms with van der Waals surface area (Å²) in [6, 6.07) is 13.2. The number of amides is 2. The number of halogens is 1. The molecule has 0 heterocycles. The van der Waals surface area contributed by atoms with Crippen molar-refractivity contribution in [2.45, 2.75) is 6.42 Å². The molecule has 2 aromatic rings. The third kappa shape index (κ3) is 4.15. The summed E-state index contributed by atoms with van der Waals surface area (Å²) in [6.07, 6.45) is 0.503. The lowest BCUT2D eigenvalue weighted by molar-refractivity contribution is -0.122. The minimum atomic E-state index is -0.413. The zero-order valence-electron chi connectivity index (χ0n) is 14.1. The predicted octanol–water partition coefficient (Wildman–Crippen LogP) is 3.11. The van der Waals surface area contributed by atoms with E-state index < -0.39 is 5.82 Å². The van der Waals surface area contributed by atoms with E-state index in [2.05, 4.69) is 10.6 Å². The summed E-state index contributed by atoms with van der Waals surface area (Å²) in [6.45, 7) is 0. The van der Waals surface area contributed by atoms with Gasteiger partial charge in [-0.15, -0.1) is 0 Å². The molecule has 0 aromatic heterocycles. The van der Waals surface area contributed by atoms with Crippen LogP contribution in [0.3, 0.4) is 0 Å². The smallest absolute Gasteiger partial charge is 0.228 e. The topological polar surface area (TPSA) is 61.4 Å². The Kier molecular flexibility index (Phi) is 4.70. The van der Waals surface area contributed by atoms with Crippen LogP contribution in [0.1, 0.15) is 6.42 Å². The summed E-state index contributed by atoms with van der Waals surface area (Å²) in [4.78, 5) is 26.4. The Balaban J connectivity index is 1.54. The average molecular weight is 341 g/mol. The number of nitrogens with zero attached hydrogens (tertiary/aromatic N) is 1. The Bertz CT molecular complexity index is 790. The Morgan fingerprint density at radius 3 is 2.12 bits per heavy atom. The van der Waals surface area contributed by atoms with Crippen LogP contribution >= 0.6 is 0 Å². The molecule has 130 valence electrons. The highest BCUT2D eigenvalue weighted by Crippen LogP contribution is 2.40. The summed E-state index contributed by atoms with van der Waals surface area (Å²) in [5.41, 5.74) is 2.14. The van der Waals surface area contributed by atoms with Crippen molar-refractivity contribution in [1.82, 2.24) is 0 Å². The van der Waals surface area contributed by atoms with Gasteiger partial charge in [-0.25, -0.2) is 4.39 Å². The third-order valence-electron chi connectivity index (χ3n) is 4.21. The van der Waals surface area contributed by atoms with E-state index in [1.54, 1.807) is 6.07 Å². The molecule has 6 heteroatoms. The van der Waals surface area contributed by atoms with Crippen LogP contribution in [0.4, 0.5) is 21.5 Å². The number of hydrogen-bond donors (Lipinski definition) is 2. The Hall–Kier alpha value is -2.89. The Labute approximate surface area is 145 Å². The minimum absolute atomic E-state index is 0.169. The van der Waals surface area contributed by atoms with Gasteiger partial charge in [0.1, 0.15) is 5.82 Å². The van der Waals surface area contributed by atoms with Gasteiger partial charge in [-0.1, -0.05) is 6.07 Å². The average Bonchev–Trinajstić information content (AvgIpc) is 3.36. The molecule has 3 rings (SSSR count). The molecular weight excluding hydrogens is 321 g/mol. The van der Waals surface area contributed by atoms with Crippen LogP contribution in [-0.2, 0) is 9.59 Å². The maximum Gasteiger partial charge on any atom is 0.228 e. The van der Waals surface area contributed by atoms with Crippen molar-refractivity contribution in [3.05, 3.63) is 54.3 Å². The summed E-state index contributed by atoms with van der Waals surface area (Å²) in [5, 5.41) is 5.48. The quantitative estimate of drug-likeness (QED) is 0.878. The number of carbonyl (C=O) groups excluding carboxylic acids is 2. The molecule has 1 saturated carbocycles. The molecule has 0 spiro atoms. The van der Waals surface area contributed by atoms with Gasteiger partial charge in [0.05, 0.1) is 11.8 Å². The molecule has 2 unspecified atom stereocenters. The van der Waals surface area contributed by atoms with E-state index in [4.69, 9.17) is 0 Å². The van der Waals surface area contributed by atoms with Gasteiger partial charge in [-0.05, 0) is 48.9 Å². The van der Waals surface area contributed by atoms with Crippen molar-refractivity contribution in [3.63, 3.8) is 0 Å². The zero-order chi connectivity index (χ0) is 18.0. The van der Waals surface area contributed by atoms with E-state index in [1.807, 2.05) is 43.3 Å². The minimum Gasteiger partial charge on any atom is -0.378 e. The predicted molar refractivity (Wildman–Crippen MR) is 96.0 cm³/mol. The standard InChI is InChI=1S/C19H20FN3O2/c1-23(2)15-8-6-13(7-9-15)21-18(24)16-11-17(16)19(25)22-14-5-3-4-12(20)10-14/h3-10,16-17H,11H2,1-2H3,(H,21,24)(H,22,25). The third-order valence-corrected chi connectivity index (χ3v) is 4.21.